The summed E-state index contributed by atoms with van der Waals surface area (Å²) in [6.07, 6.45) is 1.76. The third-order valence-electron chi connectivity index (χ3n) is 5.56. The number of hydrogen-bond acceptors (Lipinski definition) is 2. The fraction of sp³-hybridized carbons (Fsp3) is 0.250. The van der Waals surface area contributed by atoms with E-state index >= 15 is 0 Å². The molecule has 0 radical (unpaired) electrons. The van der Waals surface area contributed by atoms with Gasteiger partial charge in [0, 0.05) is 13.1 Å². The number of rotatable bonds is 4. The van der Waals surface area contributed by atoms with Crippen molar-refractivity contribution in [2.45, 2.75) is 19.3 Å². The number of anilines is 1. The average molecular weight is 425 g/mol. The van der Waals surface area contributed by atoms with Gasteiger partial charge in [-0.2, -0.15) is 0 Å². The van der Waals surface area contributed by atoms with E-state index in [-0.39, 0.29) is 22.8 Å². The van der Waals surface area contributed by atoms with E-state index in [0.29, 0.717) is 31.6 Å². The number of nitrogens with zero attached hydrogens (tertiary/aromatic N) is 1. The predicted molar refractivity (Wildman–Crippen MR) is 117 cm³/mol. The Balaban J connectivity index is 1.43. The van der Waals surface area contributed by atoms with Crippen LogP contribution in [-0.4, -0.2) is 29.8 Å². The lowest BCUT2D eigenvalue weighted by molar-refractivity contribution is -0.133. The summed E-state index contributed by atoms with van der Waals surface area (Å²) in [5.41, 5.74) is 1.37. The van der Waals surface area contributed by atoms with Crippen molar-refractivity contribution in [1.82, 2.24) is 4.90 Å². The number of fused-ring (bicyclic) bond motifs is 1. The van der Waals surface area contributed by atoms with Crippen molar-refractivity contribution in [3.63, 3.8) is 0 Å². The van der Waals surface area contributed by atoms with E-state index < -0.39 is 5.82 Å². The van der Waals surface area contributed by atoms with Gasteiger partial charge in [-0.3, -0.25) is 9.59 Å². The Labute approximate surface area is 179 Å². The molecule has 6 heteroatoms. The Kier molecular flexibility index (Phi) is 6.00. The zero-order valence-corrected chi connectivity index (χ0v) is 17.2. The zero-order chi connectivity index (χ0) is 21.1. The lowest BCUT2D eigenvalue weighted by atomic mass is 9.95. The van der Waals surface area contributed by atoms with Gasteiger partial charge < -0.3 is 10.2 Å². The van der Waals surface area contributed by atoms with E-state index in [1.165, 1.54) is 12.1 Å². The molecule has 154 valence electrons. The van der Waals surface area contributed by atoms with Crippen molar-refractivity contribution < 1.29 is 14.0 Å². The quantitative estimate of drug-likeness (QED) is 0.637. The smallest absolute Gasteiger partial charge is 0.229 e. The Morgan fingerprint density at radius 2 is 1.90 bits per heavy atom. The molecule has 0 aromatic heterocycles. The van der Waals surface area contributed by atoms with Gasteiger partial charge in [-0.15, -0.1) is 0 Å². The molecule has 1 N–H and O–H groups in total. The SMILES string of the molecule is O=C(Nc1ccc(F)cc1Cl)[C@@H]1CCCN(C(=O)Cc2cccc3ccccc23)C1. The Morgan fingerprint density at radius 1 is 1.10 bits per heavy atom. The standard InChI is InChI=1S/C24H22ClFN2O2/c25-21-14-19(26)10-11-22(21)27-24(30)18-8-4-12-28(15-18)23(29)13-17-7-3-6-16-5-1-2-9-20(16)17/h1-3,5-7,9-11,14,18H,4,8,12-13,15H2,(H,27,30)/t18-/m1/s1. The first-order chi connectivity index (χ1) is 14.5. The van der Waals surface area contributed by atoms with Gasteiger partial charge in [-0.25, -0.2) is 4.39 Å². The largest absolute Gasteiger partial charge is 0.342 e. The summed E-state index contributed by atoms with van der Waals surface area (Å²) in [7, 11) is 0. The molecular weight excluding hydrogens is 403 g/mol. The Hall–Kier alpha value is -2.92. The van der Waals surface area contributed by atoms with Crippen molar-refractivity contribution in [2.24, 2.45) is 5.92 Å². The molecular formula is C24H22ClFN2O2. The van der Waals surface area contributed by atoms with Crippen molar-refractivity contribution in [2.75, 3.05) is 18.4 Å². The first-order valence-corrected chi connectivity index (χ1v) is 10.4. The molecule has 1 atom stereocenters. The summed E-state index contributed by atoms with van der Waals surface area (Å²) in [5.74, 6) is -0.966. The van der Waals surface area contributed by atoms with Crippen molar-refractivity contribution in [3.05, 3.63) is 77.1 Å². The fourth-order valence-corrected chi connectivity index (χ4v) is 4.18. The van der Waals surface area contributed by atoms with Gasteiger partial charge in [0.25, 0.3) is 0 Å². The van der Waals surface area contributed by atoms with Gasteiger partial charge in [0.2, 0.25) is 11.8 Å². The summed E-state index contributed by atoms with van der Waals surface area (Å²) in [4.78, 5) is 27.4. The predicted octanol–water partition coefficient (Wildman–Crippen LogP) is 5.05. The molecule has 0 spiro atoms. The number of nitrogens with one attached hydrogen (secondary N) is 1. The van der Waals surface area contributed by atoms with Crippen LogP contribution in [0.2, 0.25) is 5.02 Å². The van der Waals surface area contributed by atoms with Gasteiger partial charge in [0.15, 0.2) is 0 Å². The molecule has 0 saturated carbocycles. The van der Waals surface area contributed by atoms with Crippen molar-refractivity contribution in [3.8, 4) is 0 Å². The van der Waals surface area contributed by atoms with Crippen LogP contribution >= 0.6 is 11.6 Å². The molecule has 1 saturated heterocycles. The average Bonchev–Trinajstić information content (AvgIpc) is 2.76. The molecule has 1 heterocycles. The van der Waals surface area contributed by atoms with E-state index in [0.717, 1.165) is 28.8 Å². The van der Waals surface area contributed by atoms with Gasteiger partial charge in [-0.05, 0) is 47.4 Å². The molecule has 1 aliphatic heterocycles. The number of piperidine rings is 1. The van der Waals surface area contributed by atoms with E-state index in [1.54, 1.807) is 4.90 Å². The van der Waals surface area contributed by atoms with E-state index in [4.69, 9.17) is 11.6 Å². The third kappa shape index (κ3) is 4.46. The second-order valence-electron chi connectivity index (χ2n) is 7.61. The van der Waals surface area contributed by atoms with Crippen LogP contribution < -0.4 is 5.32 Å². The summed E-state index contributed by atoms with van der Waals surface area (Å²) in [6, 6.07) is 17.8. The summed E-state index contributed by atoms with van der Waals surface area (Å²) in [5, 5.41) is 5.10. The Morgan fingerprint density at radius 3 is 2.73 bits per heavy atom. The second-order valence-corrected chi connectivity index (χ2v) is 8.01. The molecule has 3 aromatic rings. The number of halogens is 2. The first kappa shape index (κ1) is 20.4. The minimum absolute atomic E-state index is 0.0173. The molecule has 3 aromatic carbocycles. The van der Waals surface area contributed by atoms with Crippen LogP contribution in [-0.2, 0) is 16.0 Å². The zero-order valence-electron chi connectivity index (χ0n) is 16.4. The topological polar surface area (TPSA) is 49.4 Å². The van der Waals surface area contributed by atoms with Gasteiger partial charge in [0.05, 0.1) is 23.0 Å². The lowest BCUT2D eigenvalue weighted by Crippen LogP contribution is -2.44. The van der Waals surface area contributed by atoms with Crippen LogP contribution in [0.25, 0.3) is 10.8 Å². The maximum Gasteiger partial charge on any atom is 0.229 e. The number of benzene rings is 3. The highest BCUT2D eigenvalue weighted by Gasteiger charge is 2.29. The number of hydrogen-bond donors (Lipinski definition) is 1. The number of carbonyl (C=O) groups is 2. The maximum absolute atomic E-state index is 13.2. The molecule has 1 aliphatic rings. The number of likely N-dealkylation sites (tertiary alicyclic amines) is 1. The second kappa shape index (κ2) is 8.84. The maximum atomic E-state index is 13.2. The molecule has 0 unspecified atom stereocenters. The summed E-state index contributed by atoms with van der Waals surface area (Å²) >= 11 is 6.01. The minimum Gasteiger partial charge on any atom is -0.342 e. The van der Waals surface area contributed by atoms with Crippen molar-refractivity contribution in [1.29, 1.82) is 0 Å². The molecule has 30 heavy (non-hydrogen) atoms. The lowest BCUT2D eigenvalue weighted by Gasteiger charge is -2.32. The van der Waals surface area contributed by atoms with Crippen LogP contribution in [0, 0.1) is 11.7 Å². The molecule has 2 amide bonds. The first-order valence-electron chi connectivity index (χ1n) is 10.0. The third-order valence-corrected chi connectivity index (χ3v) is 5.87. The highest BCUT2D eigenvalue weighted by molar-refractivity contribution is 6.33. The fourth-order valence-electron chi connectivity index (χ4n) is 3.96. The number of amides is 2. The highest BCUT2D eigenvalue weighted by atomic mass is 35.5. The van der Waals surface area contributed by atoms with Crippen LogP contribution in [0.4, 0.5) is 10.1 Å². The summed E-state index contributed by atoms with van der Waals surface area (Å²) in [6.45, 7) is 1.01. The van der Waals surface area contributed by atoms with E-state index in [2.05, 4.69) is 5.32 Å². The van der Waals surface area contributed by atoms with Crippen LogP contribution in [0.1, 0.15) is 18.4 Å². The normalized spacial score (nSPS) is 16.5. The molecule has 4 rings (SSSR count). The van der Waals surface area contributed by atoms with Crippen molar-refractivity contribution >= 4 is 39.9 Å². The number of carbonyl (C=O) groups excluding carboxylic acids is 2. The van der Waals surface area contributed by atoms with Crippen LogP contribution in [0.5, 0.6) is 0 Å². The molecule has 1 fully saturated rings. The van der Waals surface area contributed by atoms with Gasteiger partial charge in [0.1, 0.15) is 5.82 Å². The Bertz CT molecular complexity index is 1100. The molecule has 0 aliphatic carbocycles. The molecule has 0 bridgehead atoms. The highest BCUT2D eigenvalue weighted by Crippen LogP contribution is 2.26. The van der Waals surface area contributed by atoms with E-state index in [1.807, 2.05) is 42.5 Å². The van der Waals surface area contributed by atoms with Crippen LogP contribution in [0.15, 0.2) is 60.7 Å². The molecule has 4 nitrogen and oxygen atoms in total. The monoisotopic (exact) mass is 424 g/mol. The summed E-state index contributed by atoms with van der Waals surface area (Å²) < 4.78 is 13.2. The van der Waals surface area contributed by atoms with Gasteiger partial charge in [-0.1, -0.05) is 54.1 Å². The van der Waals surface area contributed by atoms with Crippen LogP contribution in [0.3, 0.4) is 0 Å². The van der Waals surface area contributed by atoms with Gasteiger partial charge >= 0.3 is 0 Å². The minimum atomic E-state index is -0.458. The van der Waals surface area contributed by atoms with E-state index in [9.17, 15) is 14.0 Å².